The molecule has 0 saturated carbocycles. The molecule has 7 nitrogen and oxygen atoms in total. The molecule has 1 saturated heterocycles. The lowest BCUT2D eigenvalue weighted by atomic mass is 10.1. The maximum absolute atomic E-state index is 12.7. The highest BCUT2D eigenvalue weighted by Crippen LogP contribution is 2.22. The van der Waals surface area contributed by atoms with Gasteiger partial charge in [-0.25, -0.2) is 8.42 Å². The minimum Gasteiger partial charge on any atom is -0.348 e. The van der Waals surface area contributed by atoms with Crippen molar-refractivity contribution in [1.29, 1.82) is 0 Å². The van der Waals surface area contributed by atoms with Crippen LogP contribution in [0.2, 0.25) is 0 Å². The fourth-order valence-electron chi connectivity index (χ4n) is 3.80. The van der Waals surface area contributed by atoms with Gasteiger partial charge in [-0.3, -0.25) is 14.3 Å². The lowest BCUT2D eigenvalue weighted by molar-refractivity contribution is -0.117. The summed E-state index contributed by atoms with van der Waals surface area (Å²) in [6.45, 7) is 4.94. The van der Waals surface area contributed by atoms with Crippen LogP contribution < -0.4 is 14.9 Å². The highest BCUT2D eigenvalue weighted by Gasteiger charge is 2.21. The normalized spacial score (nSPS) is 13.7. The lowest BCUT2D eigenvalue weighted by Crippen LogP contribution is -2.24. The number of aryl methyl sites for hydroxylation is 2. The average Bonchev–Trinajstić information content (AvgIpc) is 3.26. The van der Waals surface area contributed by atoms with Gasteiger partial charge in [0.25, 0.3) is 15.9 Å². The second-order valence-electron chi connectivity index (χ2n) is 8.43. The van der Waals surface area contributed by atoms with Gasteiger partial charge in [-0.05, 0) is 85.5 Å². The zero-order valence-electron chi connectivity index (χ0n) is 19.2. The Morgan fingerprint density at radius 3 is 2.26 bits per heavy atom. The van der Waals surface area contributed by atoms with Gasteiger partial charge in [-0.15, -0.1) is 0 Å². The van der Waals surface area contributed by atoms with Crippen LogP contribution >= 0.6 is 0 Å². The van der Waals surface area contributed by atoms with E-state index in [0.717, 1.165) is 35.3 Å². The molecule has 0 bridgehead atoms. The van der Waals surface area contributed by atoms with Gasteiger partial charge < -0.3 is 10.2 Å². The van der Waals surface area contributed by atoms with Crippen molar-refractivity contribution in [3.63, 3.8) is 0 Å². The van der Waals surface area contributed by atoms with E-state index in [1.165, 1.54) is 24.3 Å². The zero-order chi connectivity index (χ0) is 24.3. The monoisotopic (exact) mass is 477 g/mol. The number of nitrogens with zero attached hydrogens (tertiary/aromatic N) is 1. The van der Waals surface area contributed by atoms with Crippen LogP contribution in [0.3, 0.4) is 0 Å². The molecule has 1 aliphatic rings. The van der Waals surface area contributed by atoms with Gasteiger partial charge in [0.2, 0.25) is 5.91 Å². The van der Waals surface area contributed by atoms with Crippen LogP contribution in [0.4, 0.5) is 11.4 Å². The minimum atomic E-state index is -3.77. The lowest BCUT2D eigenvalue weighted by Gasteiger charge is -2.16. The summed E-state index contributed by atoms with van der Waals surface area (Å²) in [5.41, 5.74) is 4.70. The molecule has 3 aromatic carbocycles. The standard InChI is InChI=1S/C26H27N3O4S/c1-18-5-10-22(16-19(18)2)28-34(32,33)24-13-8-21(9-14-24)26(31)27-17-20-6-11-23(12-7-20)29-15-3-4-25(29)30/h5-14,16,28H,3-4,15,17H2,1-2H3,(H,27,31). The Morgan fingerprint density at radius 1 is 0.941 bits per heavy atom. The van der Waals surface area contributed by atoms with Crippen LogP contribution in [0.5, 0.6) is 0 Å². The molecule has 0 aromatic heterocycles. The summed E-state index contributed by atoms with van der Waals surface area (Å²) in [6, 6.07) is 18.7. The first-order valence-electron chi connectivity index (χ1n) is 11.1. The summed E-state index contributed by atoms with van der Waals surface area (Å²) in [5.74, 6) is -0.166. The number of rotatable bonds is 7. The van der Waals surface area contributed by atoms with Crippen molar-refractivity contribution >= 4 is 33.2 Å². The van der Waals surface area contributed by atoms with Gasteiger partial charge in [0.1, 0.15) is 0 Å². The van der Waals surface area contributed by atoms with Crippen molar-refractivity contribution in [1.82, 2.24) is 5.32 Å². The van der Waals surface area contributed by atoms with Gasteiger partial charge in [-0.1, -0.05) is 18.2 Å². The highest BCUT2D eigenvalue weighted by atomic mass is 32.2. The number of benzene rings is 3. The van der Waals surface area contributed by atoms with Crippen LogP contribution in [0.15, 0.2) is 71.6 Å². The van der Waals surface area contributed by atoms with E-state index >= 15 is 0 Å². The average molecular weight is 478 g/mol. The predicted molar refractivity (Wildman–Crippen MR) is 132 cm³/mol. The molecular weight excluding hydrogens is 450 g/mol. The molecule has 8 heteroatoms. The number of sulfonamides is 1. The Kier molecular flexibility index (Phi) is 6.70. The number of hydrogen-bond acceptors (Lipinski definition) is 4. The number of anilines is 2. The Hall–Kier alpha value is -3.65. The largest absolute Gasteiger partial charge is 0.348 e. The highest BCUT2D eigenvalue weighted by molar-refractivity contribution is 7.92. The number of carbonyl (C=O) groups excluding carboxylic acids is 2. The van der Waals surface area contributed by atoms with Gasteiger partial charge in [-0.2, -0.15) is 0 Å². The number of hydrogen-bond donors (Lipinski definition) is 2. The van der Waals surface area contributed by atoms with Gasteiger partial charge in [0, 0.05) is 36.4 Å². The number of carbonyl (C=O) groups is 2. The van der Waals surface area contributed by atoms with Crippen LogP contribution in [0.25, 0.3) is 0 Å². The first-order valence-corrected chi connectivity index (χ1v) is 12.6. The molecule has 1 fully saturated rings. The van der Waals surface area contributed by atoms with Crippen molar-refractivity contribution < 1.29 is 18.0 Å². The fourth-order valence-corrected chi connectivity index (χ4v) is 4.85. The maximum atomic E-state index is 12.7. The molecule has 2 amide bonds. The van der Waals surface area contributed by atoms with E-state index in [1.807, 2.05) is 44.2 Å². The molecule has 0 atom stereocenters. The second-order valence-corrected chi connectivity index (χ2v) is 10.1. The van der Waals surface area contributed by atoms with Crippen molar-refractivity contribution in [2.75, 3.05) is 16.2 Å². The molecule has 4 rings (SSSR count). The van der Waals surface area contributed by atoms with Gasteiger partial charge in [0.05, 0.1) is 4.90 Å². The smallest absolute Gasteiger partial charge is 0.261 e. The van der Waals surface area contributed by atoms with E-state index in [9.17, 15) is 18.0 Å². The van der Waals surface area contributed by atoms with Crippen molar-refractivity contribution in [3.05, 3.63) is 89.0 Å². The molecule has 176 valence electrons. The molecule has 1 aliphatic heterocycles. The summed E-state index contributed by atoms with van der Waals surface area (Å²) in [7, 11) is -3.77. The molecule has 0 unspecified atom stereocenters. The molecule has 0 aliphatic carbocycles. The molecule has 1 heterocycles. The molecule has 2 N–H and O–H groups in total. The molecule has 34 heavy (non-hydrogen) atoms. The summed E-state index contributed by atoms with van der Waals surface area (Å²) in [4.78, 5) is 26.2. The van der Waals surface area contributed by atoms with E-state index in [4.69, 9.17) is 0 Å². The Bertz CT molecular complexity index is 1320. The van der Waals surface area contributed by atoms with E-state index in [0.29, 0.717) is 24.2 Å². The topological polar surface area (TPSA) is 95.6 Å². The Balaban J connectivity index is 1.36. The van der Waals surface area contributed by atoms with E-state index in [2.05, 4.69) is 10.0 Å². The number of amides is 2. The quantitative estimate of drug-likeness (QED) is 0.534. The molecular formula is C26H27N3O4S. The van der Waals surface area contributed by atoms with Crippen LogP contribution in [-0.2, 0) is 21.4 Å². The third-order valence-corrected chi connectivity index (χ3v) is 7.36. The first-order chi connectivity index (χ1) is 16.2. The number of nitrogens with one attached hydrogen (secondary N) is 2. The summed E-state index contributed by atoms with van der Waals surface area (Å²) < 4.78 is 28.0. The van der Waals surface area contributed by atoms with E-state index < -0.39 is 10.0 Å². The second kappa shape index (κ2) is 9.69. The zero-order valence-corrected chi connectivity index (χ0v) is 20.0. The Morgan fingerprint density at radius 2 is 1.65 bits per heavy atom. The summed E-state index contributed by atoms with van der Waals surface area (Å²) in [6.07, 6.45) is 1.46. The molecule has 0 radical (unpaired) electrons. The summed E-state index contributed by atoms with van der Waals surface area (Å²) in [5, 5.41) is 2.84. The van der Waals surface area contributed by atoms with Crippen molar-refractivity contribution in [2.45, 2.75) is 38.1 Å². The maximum Gasteiger partial charge on any atom is 0.261 e. The van der Waals surface area contributed by atoms with Crippen molar-refractivity contribution in [2.24, 2.45) is 0 Å². The van der Waals surface area contributed by atoms with Crippen LogP contribution in [0, 0.1) is 13.8 Å². The van der Waals surface area contributed by atoms with Crippen LogP contribution in [0.1, 0.15) is 39.9 Å². The Labute approximate surface area is 199 Å². The fraction of sp³-hybridized carbons (Fsp3) is 0.231. The van der Waals surface area contributed by atoms with E-state index in [-0.39, 0.29) is 16.7 Å². The third-order valence-electron chi connectivity index (χ3n) is 5.96. The SMILES string of the molecule is Cc1ccc(NS(=O)(=O)c2ccc(C(=O)NCc3ccc(N4CCCC4=O)cc3)cc2)cc1C. The molecule has 3 aromatic rings. The predicted octanol–water partition coefficient (Wildman–Crippen LogP) is 4.16. The van der Waals surface area contributed by atoms with Gasteiger partial charge >= 0.3 is 0 Å². The van der Waals surface area contributed by atoms with Gasteiger partial charge in [0.15, 0.2) is 0 Å². The van der Waals surface area contributed by atoms with Crippen LogP contribution in [-0.4, -0.2) is 26.8 Å². The van der Waals surface area contributed by atoms with Crippen molar-refractivity contribution in [3.8, 4) is 0 Å². The first kappa shape index (κ1) is 23.5. The summed E-state index contributed by atoms with van der Waals surface area (Å²) >= 11 is 0. The van der Waals surface area contributed by atoms with E-state index in [1.54, 1.807) is 17.0 Å². The third kappa shape index (κ3) is 5.28. The molecule has 0 spiro atoms. The minimum absolute atomic E-state index is 0.0781.